The maximum Gasteiger partial charge on any atom is 0.324 e. The average Bonchev–Trinajstić information content (AvgIpc) is 2.89. The topological polar surface area (TPSA) is 60.9 Å². The Morgan fingerprint density at radius 1 is 0.947 bits per heavy atom. The number of amides is 3. The number of urea groups is 1. The van der Waals surface area contributed by atoms with Gasteiger partial charge in [0.15, 0.2) is 0 Å². The zero-order valence-corrected chi connectivity index (χ0v) is 21.8. The highest BCUT2D eigenvalue weighted by molar-refractivity contribution is 5.98. The molecule has 4 rings (SSSR count). The summed E-state index contributed by atoms with van der Waals surface area (Å²) in [6.45, 7) is 2.03. The number of para-hydroxylation sites is 1. The number of benzene rings is 2. The molecule has 0 N–H and O–H groups in total. The van der Waals surface area contributed by atoms with Crippen LogP contribution in [0.5, 0.6) is 0 Å². The third-order valence-electron chi connectivity index (χ3n) is 8.01. The Labute approximate surface area is 221 Å². The van der Waals surface area contributed by atoms with E-state index < -0.39 is 35.5 Å². The Balaban J connectivity index is 1.52. The van der Waals surface area contributed by atoms with E-state index in [4.69, 9.17) is 0 Å². The molecule has 1 atom stereocenters. The fraction of sp³-hybridized carbons (Fsp3) is 0.483. The van der Waals surface area contributed by atoms with E-state index in [9.17, 15) is 27.6 Å². The molecule has 0 spiro atoms. The number of nitrogens with zero attached hydrogens (tertiary/aromatic N) is 3. The van der Waals surface area contributed by atoms with E-state index in [0.717, 1.165) is 5.69 Å². The van der Waals surface area contributed by atoms with Gasteiger partial charge in [0.25, 0.3) is 0 Å². The minimum atomic E-state index is -2.89. The zero-order chi connectivity index (χ0) is 27.5. The van der Waals surface area contributed by atoms with Crippen LogP contribution in [0.1, 0.15) is 51.9 Å². The first-order valence-corrected chi connectivity index (χ1v) is 13.1. The van der Waals surface area contributed by atoms with Crippen molar-refractivity contribution in [2.24, 2.45) is 5.41 Å². The molecule has 1 aliphatic heterocycles. The van der Waals surface area contributed by atoms with Crippen molar-refractivity contribution >= 4 is 29.1 Å². The molecule has 38 heavy (non-hydrogen) atoms. The number of Topliss-reactive ketones (excluding diaryl/α,β-unsaturated/α-hetero) is 1. The standard InChI is InChI=1S/C29H34F3N3O3/c1-21(36)28(15-17-34(18-16-28)27(38)33(2)23-7-4-3-5-8-23)20-26(37)35(24-12-10-22(30)11-13-24)25-9-6-14-29(31,32)19-25/h3-5,7-8,10-13,25H,6,9,14-20H2,1-2H3. The van der Waals surface area contributed by atoms with E-state index in [-0.39, 0.29) is 31.1 Å². The third-order valence-corrected chi connectivity index (χ3v) is 8.01. The molecular weight excluding hydrogens is 495 g/mol. The van der Waals surface area contributed by atoms with Crippen LogP contribution in [-0.4, -0.2) is 54.7 Å². The van der Waals surface area contributed by atoms with E-state index in [1.165, 1.54) is 36.1 Å². The molecule has 9 heteroatoms. The van der Waals surface area contributed by atoms with Gasteiger partial charge in [-0.2, -0.15) is 0 Å². The lowest BCUT2D eigenvalue weighted by molar-refractivity contribution is -0.135. The van der Waals surface area contributed by atoms with Crippen molar-refractivity contribution in [2.45, 2.75) is 63.8 Å². The Kier molecular flexibility index (Phi) is 8.13. The van der Waals surface area contributed by atoms with Crippen molar-refractivity contribution in [3.63, 3.8) is 0 Å². The van der Waals surface area contributed by atoms with Gasteiger partial charge < -0.3 is 9.80 Å². The van der Waals surface area contributed by atoms with E-state index >= 15 is 0 Å². The van der Waals surface area contributed by atoms with Gasteiger partial charge in [-0.05, 0) is 69.0 Å². The number of hydrogen-bond acceptors (Lipinski definition) is 3. The molecule has 1 heterocycles. The summed E-state index contributed by atoms with van der Waals surface area (Å²) in [6.07, 6.45) is 0.399. The molecule has 0 aromatic heterocycles. The van der Waals surface area contributed by atoms with Gasteiger partial charge in [0.1, 0.15) is 11.6 Å². The van der Waals surface area contributed by atoms with Gasteiger partial charge in [-0.3, -0.25) is 14.5 Å². The number of carbonyl (C=O) groups excluding carboxylic acids is 3. The van der Waals surface area contributed by atoms with Crippen LogP contribution in [-0.2, 0) is 9.59 Å². The van der Waals surface area contributed by atoms with E-state index in [1.807, 2.05) is 30.3 Å². The van der Waals surface area contributed by atoms with Crippen LogP contribution in [0.25, 0.3) is 0 Å². The molecule has 2 aromatic rings. The van der Waals surface area contributed by atoms with Crippen molar-refractivity contribution in [1.82, 2.24) is 4.90 Å². The van der Waals surface area contributed by atoms with Crippen molar-refractivity contribution in [1.29, 1.82) is 0 Å². The van der Waals surface area contributed by atoms with Crippen LogP contribution in [0.15, 0.2) is 54.6 Å². The highest BCUT2D eigenvalue weighted by atomic mass is 19.3. The predicted octanol–water partition coefficient (Wildman–Crippen LogP) is 6.05. The van der Waals surface area contributed by atoms with Crippen LogP contribution in [0.3, 0.4) is 0 Å². The van der Waals surface area contributed by atoms with Crippen LogP contribution in [0.2, 0.25) is 0 Å². The fourth-order valence-electron chi connectivity index (χ4n) is 5.65. The number of alkyl halides is 2. The van der Waals surface area contributed by atoms with Crippen molar-refractivity contribution < 1.29 is 27.6 Å². The summed E-state index contributed by atoms with van der Waals surface area (Å²) in [7, 11) is 1.69. The number of likely N-dealkylation sites (tertiary alicyclic amines) is 1. The third kappa shape index (κ3) is 6.03. The molecule has 1 saturated carbocycles. The number of ketones is 1. The van der Waals surface area contributed by atoms with Crippen LogP contribution >= 0.6 is 0 Å². The van der Waals surface area contributed by atoms with E-state index in [2.05, 4.69) is 0 Å². The molecule has 1 saturated heterocycles. The largest absolute Gasteiger partial charge is 0.324 e. The summed E-state index contributed by atoms with van der Waals surface area (Å²) >= 11 is 0. The smallest absolute Gasteiger partial charge is 0.324 e. The molecule has 3 amide bonds. The van der Waals surface area contributed by atoms with Gasteiger partial charge >= 0.3 is 6.03 Å². The molecule has 2 aromatic carbocycles. The Bertz CT molecular complexity index is 1150. The first-order valence-electron chi connectivity index (χ1n) is 13.1. The summed E-state index contributed by atoms with van der Waals surface area (Å²) in [5.74, 6) is -3.98. The van der Waals surface area contributed by atoms with E-state index in [1.54, 1.807) is 16.8 Å². The molecular formula is C29H34F3N3O3. The number of carbonyl (C=O) groups is 3. The number of hydrogen-bond donors (Lipinski definition) is 0. The lowest BCUT2D eigenvalue weighted by atomic mass is 9.72. The quantitative estimate of drug-likeness (QED) is 0.458. The summed E-state index contributed by atoms with van der Waals surface area (Å²) in [4.78, 5) is 44.3. The lowest BCUT2D eigenvalue weighted by Gasteiger charge is -2.43. The highest BCUT2D eigenvalue weighted by Crippen LogP contribution is 2.41. The Morgan fingerprint density at radius 3 is 2.16 bits per heavy atom. The van der Waals surface area contributed by atoms with Crippen molar-refractivity contribution in [3.8, 4) is 0 Å². The molecule has 0 radical (unpaired) electrons. The SMILES string of the molecule is CC(=O)C1(CC(=O)N(c2ccc(F)cc2)C2CCCC(F)(F)C2)CCN(C(=O)N(C)c2ccccc2)CC1. The molecule has 204 valence electrons. The Hall–Kier alpha value is -3.36. The second kappa shape index (κ2) is 11.2. The second-order valence-electron chi connectivity index (χ2n) is 10.5. The van der Waals surface area contributed by atoms with Gasteiger partial charge in [0, 0.05) is 62.2 Å². The summed E-state index contributed by atoms with van der Waals surface area (Å²) in [5.41, 5.74) is 0.0828. The average molecular weight is 530 g/mol. The lowest BCUT2D eigenvalue weighted by Crippen LogP contribution is -2.52. The molecule has 2 fully saturated rings. The zero-order valence-electron chi connectivity index (χ0n) is 21.8. The maximum atomic E-state index is 14.3. The summed E-state index contributed by atoms with van der Waals surface area (Å²) < 4.78 is 42.3. The molecule has 1 aliphatic carbocycles. The minimum Gasteiger partial charge on any atom is -0.324 e. The Morgan fingerprint density at radius 2 is 1.58 bits per heavy atom. The van der Waals surface area contributed by atoms with Gasteiger partial charge in [0.05, 0.1) is 0 Å². The fourth-order valence-corrected chi connectivity index (χ4v) is 5.65. The molecule has 6 nitrogen and oxygen atoms in total. The number of anilines is 2. The van der Waals surface area contributed by atoms with Gasteiger partial charge in [-0.25, -0.2) is 18.0 Å². The monoisotopic (exact) mass is 529 g/mol. The number of piperidine rings is 1. The normalized spacial score (nSPS) is 20.4. The summed E-state index contributed by atoms with van der Waals surface area (Å²) in [6, 6.07) is 13.5. The number of halogens is 3. The van der Waals surface area contributed by atoms with Crippen LogP contribution in [0, 0.1) is 11.2 Å². The summed E-state index contributed by atoms with van der Waals surface area (Å²) in [5, 5.41) is 0. The predicted molar refractivity (Wildman–Crippen MR) is 140 cm³/mol. The molecule has 1 unspecified atom stereocenters. The molecule has 2 aliphatic rings. The van der Waals surface area contributed by atoms with Crippen LogP contribution < -0.4 is 9.80 Å². The maximum absolute atomic E-state index is 14.3. The second-order valence-corrected chi connectivity index (χ2v) is 10.5. The van der Waals surface area contributed by atoms with Crippen molar-refractivity contribution in [3.05, 3.63) is 60.4 Å². The number of rotatable bonds is 6. The minimum absolute atomic E-state index is 0.154. The highest BCUT2D eigenvalue weighted by Gasteiger charge is 2.45. The van der Waals surface area contributed by atoms with E-state index in [0.29, 0.717) is 38.0 Å². The van der Waals surface area contributed by atoms with Crippen LogP contribution in [0.4, 0.5) is 29.3 Å². The first kappa shape index (κ1) is 27.7. The van der Waals surface area contributed by atoms with Gasteiger partial charge in [-0.15, -0.1) is 0 Å². The van der Waals surface area contributed by atoms with Gasteiger partial charge in [0.2, 0.25) is 11.8 Å². The van der Waals surface area contributed by atoms with Gasteiger partial charge in [-0.1, -0.05) is 18.2 Å². The van der Waals surface area contributed by atoms with Crippen molar-refractivity contribution in [2.75, 3.05) is 29.9 Å². The molecule has 0 bridgehead atoms. The first-order chi connectivity index (χ1) is 18.0.